The van der Waals surface area contributed by atoms with Crippen LogP contribution in [-0.2, 0) is 19.6 Å². The Morgan fingerprint density at radius 3 is 2.27 bits per heavy atom. The lowest BCUT2D eigenvalue weighted by Gasteiger charge is -2.22. The molecule has 8 nitrogen and oxygen atoms in total. The standard InChI is InChI=1S/C21H26N2O6S/c1-5-28-18-11-9-17(10-12-18)23(30(4,26)27)14-20(24)22-19-13-16(8-7-15(19)3)21(25)29-6-2/h7-13H,5-6,14H2,1-4H3,(H,22,24). The Balaban J connectivity index is 2.21. The van der Waals surface area contributed by atoms with Crippen molar-refractivity contribution in [2.24, 2.45) is 0 Å². The van der Waals surface area contributed by atoms with E-state index in [0.717, 1.165) is 16.1 Å². The third kappa shape index (κ3) is 6.21. The number of carbonyl (C=O) groups excluding carboxylic acids is 2. The van der Waals surface area contributed by atoms with Crippen LogP contribution in [0.5, 0.6) is 5.75 Å². The van der Waals surface area contributed by atoms with E-state index < -0.39 is 28.4 Å². The molecule has 0 atom stereocenters. The van der Waals surface area contributed by atoms with E-state index in [9.17, 15) is 18.0 Å². The van der Waals surface area contributed by atoms with Gasteiger partial charge >= 0.3 is 5.97 Å². The summed E-state index contributed by atoms with van der Waals surface area (Å²) >= 11 is 0. The van der Waals surface area contributed by atoms with Gasteiger partial charge in [0, 0.05) is 5.69 Å². The first-order chi connectivity index (χ1) is 14.2. The number of rotatable bonds is 9. The summed E-state index contributed by atoms with van der Waals surface area (Å²) in [6, 6.07) is 11.2. The minimum absolute atomic E-state index is 0.236. The monoisotopic (exact) mass is 434 g/mol. The summed E-state index contributed by atoms with van der Waals surface area (Å²) in [6.45, 7) is 5.62. The minimum atomic E-state index is -3.71. The molecule has 162 valence electrons. The Kier molecular flexibility index (Phi) is 7.82. The maximum Gasteiger partial charge on any atom is 0.338 e. The van der Waals surface area contributed by atoms with Crippen LogP contribution in [0.2, 0.25) is 0 Å². The van der Waals surface area contributed by atoms with Crippen molar-refractivity contribution in [3.05, 3.63) is 53.6 Å². The first-order valence-corrected chi connectivity index (χ1v) is 11.3. The number of nitrogens with zero attached hydrogens (tertiary/aromatic N) is 1. The van der Waals surface area contributed by atoms with Gasteiger partial charge in [0.15, 0.2) is 0 Å². The van der Waals surface area contributed by atoms with Gasteiger partial charge in [0.25, 0.3) is 0 Å². The normalized spacial score (nSPS) is 10.9. The van der Waals surface area contributed by atoms with Gasteiger partial charge in [-0.05, 0) is 62.7 Å². The number of hydrogen-bond acceptors (Lipinski definition) is 6. The van der Waals surface area contributed by atoms with Gasteiger partial charge < -0.3 is 14.8 Å². The second kappa shape index (κ2) is 10.1. The molecule has 0 fully saturated rings. The van der Waals surface area contributed by atoms with Gasteiger partial charge in [-0.2, -0.15) is 0 Å². The molecule has 0 aliphatic carbocycles. The van der Waals surface area contributed by atoms with E-state index in [4.69, 9.17) is 9.47 Å². The van der Waals surface area contributed by atoms with E-state index in [0.29, 0.717) is 29.3 Å². The molecule has 0 aliphatic rings. The number of hydrogen-bond donors (Lipinski definition) is 1. The van der Waals surface area contributed by atoms with Crippen LogP contribution >= 0.6 is 0 Å². The highest BCUT2D eigenvalue weighted by Crippen LogP contribution is 2.22. The molecule has 0 radical (unpaired) electrons. The third-order valence-corrected chi connectivity index (χ3v) is 5.29. The molecule has 1 N–H and O–H groups in total. The summed E-state index contributed by atoms with van der Waals surface area (Å²) in [5, 5.41) is 2.67. The fourth-order valence-corrected chi connectivity index (χ4v) is 3.55. The van der Waals surface area contributed by atoms with Crippen LogP contribution in [0.3, 0.4) is 0 Å². The Morgan fingerprint density at radius 1 is 1.03 bits per heavy atom. The van der Waals surface area contributed by atoms with Crippen LogP contribution in [0.1, 0.15) is 29.8 Å². The zero-order valence-corrected chi connectivity index (χ0v) is 18.3. The van der Waals surface area contributed by atoms with E-state index in [-0.39, 0.29) is 6.61 Å². The predicted octanol–water partition coefficient (Wildman–Crippen LogP) is 2.98. The number of aryl methyl sites for hydroxylation is 1. The lowest BCUT2D eigenvalue weighted by molar-refractivity contribution is -0.114. The number of nitrogens with one attached hydrogen (secondary N) is 1. The molecule has 0 saturated carbocycles. The Bertz CT molecular complexity index is 1000. The first-order valence-electron chi connectivity index (χ1n) is 9.44. The summed E-state index contributed by atoms with van der Waals surface area (Å²) in [4.78, 5) is 24.5. The van der Waals surface area contributed by atoms with Crippen LogP contribution in [-0.4, -0.2) is 46.3 Å². The Labute approximate surface area is 176 Å². The van der Waals surface area contributed by atoms with Gasteiger partial charge in [-0.25, -0.2) is 13.2 Å². The van der Waals surface area contributed by atoms with Crippen LogP contribution in [0.15, 0.2) is 42.5 Å². The van der Waals surface area contributed by atoms with E-state index in [1.54, 1.807) is 50.2 Å². The summed E-state index contributed by atoms with van der Waals surface area (Å²) < 4.78 is 35.9. The van der Waals surface area contributed by atoms with Gasteiger partial charge in [-0.3, -0.25) is 9.10 Å². The number of amides is 1. The van der Waals surface area contributed by atoms with E-state index in [2.05, 4.69) is 5.32 Å². The van der Waals surface area contributed by atoms with Crippen molar-refractivity contribution >= 4 is 33.3 Å². The van der Waals surface area contributed by atoms with Crippen molar-refractivity contribution in [3.8, 4) is 5.75 Å². The average molecular weight is 435 g/mol. The number of sulfonamides is 1. The van der Waals surface area contributed by atoms with Crippen molar-refractivity contribution in [2.45, 2.75) is 20.8 Å². The molecular formula is C21H26N2O6S. The molecule has 0 aromatic heterocycles. The van der Waals surface area contributed by atoms with Crippen LogP contribution in [0.4, 0.5) is 11.4 Å². The summed E-state index contributed by atoms with van der Waals surface area (Å²) in [5.74, 6) is -0.441. The predicted molar refractivity (Wildman–Crippen MR) is 116 cm³/mol. The number of esters is 1. The molecule has 2 aromatic rings. The van der Waals surface area contributed by atoms with Crippen LogP contribution < -0.4 is 14.4 Å². The molecule has 0 aliphatic heterocycles. The van der Waals surface area contributed by atoms with Gasteiger partial charge in [0.05, 0.1) is 30.7 Å². The average Bonchev–Trinajstić information content (AvgIpc) is 2.68. The quantitative estimate of drug-likeness (QED) is 0.609. The lowest BCUT2D eigenvalue weighted by atomic mass is 10.1. The minimum Gasteiger partial charge on any atom is -0.494 e. The Morgan fingerprint density at radius 2 is 1.70 bits per heavy atom. The SMILES string of the molecule is CCOC(=O)c1ccc(C)c(NC(=O)CN(c2ccc(OCC)cc2)S(C)(=O)=O)c1. The molecule has 0 heterocycles. The molecule has 2 aromatic carbocycles. The first kappa shape index (κ1) is 23.2. The number of carbonyl (C=O) groups is 2. The largest absolute Gasteiger partial charge is 0.494 e. The maximum atomic E-state index is 12.6. The topological polar surface area (TPSA) is 102 Å². The molecular weight excluding hydrogens is 408 g/mol. The second-order valence-corrected chi connectivity index (χ2v) is 8.40. The van der Waals surface area contributed by atoms with E-state index >= 15 is 0 Å². The fraction of sp³-hybridized carbons (Fsp3) is 0.333. The second-order valence-electron chi connectivity index (χ2n) is 6.49. The van der Waals surface area contributed by atoms with Gasteiger partial charge in [-0.1, -0.05) is 6.07 Å². The van der Waals surface area contributed by atoms with E-state index in [1.807, 2.05) is 6.92 Å². The molecule has 30 heavy (non-hydrogen) atoms. The van der Waals surface area contributed by atoms with Gasteiger partial charge in [-0.15, -0.1) is 0 Å². The fourth-order valence-electron chi connectivity index (χ4n) is 2.69. The molecule has 0 bridgehead atoms. The summed E-state index contributed by atoms with van der Waals surface area (Å²) in [7, 11) is -3.71. The smallest absolute Gasteiger partial charge is 0.338 e. The number of benzene rings is 2. The number of ether oxygens (including phenoxy) is 2. The highest BCUT2D eigenvalue weighted by molar-refractivity contribution is 7.92. The molecule has 1 amide bonds. The zero-order valence-electron chi connectivity index (χ0n) is 17.5. The van der Waals surface area contributed by atoms with Crippen molar-refractivity contribution in [3.63, 3.8) is 0 Å². The maximum absolute atomic E-state index is 12.6. The highest BCUT2D eigenvalue weighted by Gasteiger charge is 2.21. The molecule has 9 heteroatoms. The summed E-state index contributed by atoms with van der Waals surface area (Å²) in [5.41, 5.74) is 1.77. The molecule has 0 unspecified atom stereocenters. The van der Waals surface area contributed by atoms with Crippen LogP contribution in [0.25, 0.3) is 0 Å². The third-order valence-electron chi connectivity index (χ3n) is 4.15. The lowest BCUT2D eigenvalue weighted by Crippen LogP contribution is -2.37. The van der Waals surface area contributed by atoms with Crippen molar-refractivity contribution in [1.29, 1.82) is 0 Å². The van der Waals surface area contributed by atoms with E-state index in [1.165, 1.54) is 6.07 Å². The molecule has 0 saturated heterocycles. The van der Waals surface area contributed by atoms with Gasteiger partial charge in [0.1, 0.15) is 12.3 Å². The van der Waals surface area contributed by atoms with Crippen LogP contribution in [0, 0.1) is 6.92 Å². The van der Waals surface area contributed by atoms with Crippen molar-refractivity contribution in [1.82, 2.24) is 0 Å². The molecule has 2 rings (SSSR count). The summed E-state index contributed by atoms with van der Waals surface area (Å²) in [6.07, 6.45) is 1.03. The highest BCUT2D eigenvalue weighted by atomic mass is 32.2. The number of anilines is 2. The van der Waals surface area contributed by atoms with Gasteiger partial charge in [0.2, 0.25) is 15.9 Å². The molecule has 0 spiro atoms. The zero-order chi connectivity index (χ0) is 22.3. The Hall–Kier alpha value is -3.07. The van der Waals surface area contributed by atoms with Crippen molar-refractivity contribution in [2.75, 3.05) is 35.6 Å². The van der Waals surface area contributed by atoms with Crippen molar-refractivity contribution < 1.29 is 27.5 Å².